The van der Waals surface area contributed by atoms with E-state index >= 15 is 0 Å². The van der Waals surface area contributed by atoms with Crippen LogP contribution in [0.4, 0.5) is 4.79 Å². The van der Waals surface area contributed by atoms with Gasteiger partial charge in [-0.1, -0.05) is 34.1 Å². The second-order valence-corrected chi connectivity index (χ2v) is 9.02. The van der Waals surface area contributed by atoms with E-state index in [0.29, 0.717) is 5.06 Å². The van der Waals surface area contributed by atoms with Crippen molar-refractivity contribution < 1.29 is 38.3 Å². The summed E-state index contributed by atoms with van der Waals surface area (Å²) in [6.07, 6.45) is -0.138. The van der Waals surface area contributed by atoms with Gasteiger partial charge in [-0.3, -0.25) is 9.59 Å². The molecule has 1 aliphatic heterocycles. The molecule has 1 N–H and O–H groups in total. The highest BCUT2D eigenvalue weighted by Crippen LogP contribution is 2.15. The highest BCUT2D eigenvalue weighted by atomic mass is 16.7. The van der Waals surface area contributed by atoms with E-state index in [4.69, 9.17) is 14.3 Å². The van der Waals surface area contributed by atoms with Gasteiger partial charge in [-0.2, -0.15) is 0 Å². The summed E-state index contributed by atoms with van der Waals surface area (Å²) in [5.74, 6) is -2.84. The number of nitrogens with zero attached hydrogens (tertiary/aromatic N) is 1. The number of ether oxygens (including phenoxy) is 2. The average Bonchev–Trinajstić information content (AvgIpc) is 2.96. The lowest BCUT2D eigenvalue weighted by Crippen LogP contribution is -2.46. The van der Waals surface area contributed by atoms with Crippen molar-refractivity contribution in [2.75, 3.05) is 0 Å². The number of carbonyl (C=O) groups is 5. The lowest BCUT2D eigenvalue weighted by atomic mass is 10.1. The lowest BCUT2D eigenvalue weighted by molar-refractivity contribution is -0.197. The van der Waals surface area contributed by atoms with Crippen LogP contribution in [-0.2, 0) is 33.5 Å². The van der Waals surface area contributed by atoms with Crippen LogP contribution < -0.4 is 5.32 Å². The van der Waals surface area contributed by atoms with Gasteiger partial charge in [-0.25, -0.2) is 14.4 Å². The molecule has 0 aromatic carbocycles. The van der Waals surface area contributed by atoms with Crippen LogP contribution in [0.25, 0.3) is 0 Å². The molecular formula is C23H42N2O8. The van der Waals surface area contributed by atoms with Gasteiger partial charge in [-0.15, -0.1) is 5.06 Å². The lowest BCUT2D eigenvalue weighted by Gasteiger charge is -2.26. The summed E-state index contributed by atoms with van der Waals surface area (Å²) < 4.78 is 10.4. The number of hydroxylamine groups is 2. The van der Waals surface area contributed by atoms with Gasteiger partial charge in [0.1, 0.15) is 17.2 Å². The van der Waals surface area contributed by atoms with E-state index in [2.05, 4.69) is 19.2 Å². The second-order valence-electron chi connectivity index (χ2n) is 9.02. The molecule has 0 bridgehead atoms. The van der Waals surface area contributed by atoms with Crippen LogP contribution in [0, 0.1) is 0 Å². The Balaban J connectivity index is 0. The standard InChI is InChI=1S/C18H28N2O8.C3H8.C2H6/c1-17(2,3)26-15(24)11(19-16(25)27-18(4,5)6)7-10-14(23)28-20-12(21)8-9-13(20)22;1-3-2;1-2/h11H,7-10H2,1-6H3,(H,19,25);3H2,1-2H3;1-2H3. The van der Waals surface area contributed by atoms with E-state index in [1.54, 1.807) is 41.5 Å². The van der Waals surface area contributed by atoms with Gasteiger partial charge in [0.2, 0.25) is 0 Å². The van der Waals surface area contributed by atoms with Crippen molar-refractivity contribution in [3.8, 4) is 0 Å². The van der Waals surface area contributed by atoms with Crippen LogP contribution in [0.15, 0.2) is 0 Å². The quantitative estimate of drug-likeness (QED) is 0.451. The fraction of sp³-hybridized carbons (Fsp3) is 0.783. The van der Waals surface area contributed by atoms with E-state index < -0.39 is 47.1 Å². The summed E-state index contributed by atoms with van der Waals surface area (Å²) in [6, 6.07) is -1.17. The minimum Gasteiger partial charge on any atom is -0.458 e. The summed E-state index contributed by atoms with van der Waals surface area (Å²) >= 11 is 0. The Bertz CT molecular complexity index is 646. The molecule has 1 fully saturated rings. The largest absolute Gasteiger partial charge is 0.458 e. The molecule has 0 aromatic heterocycles. The maximum Gasteiger partial charge on any atom is 0.408 e. The maximum atomic E-state index is 12.4. The molecular weight excluding hydrogens is 432 g/mol. The molecule has 1 saturated heterocycles. The summed E-state index contributed by atoms with van der Waals surface area (Å²) in [5.41, 5.74) is -1.59. The van der Waals surface area contributed by atoms with Crippen molar-refractivity contribution in [3.63, 3.8) is 0 Å². The van der Waals surface area contributed by atoms with Gasteiger partial charge < -0.3 is 19.6 Å². The molecule has 192 valence electrons. The zero-order valence-corrected chi connectivity index (χ0v) is 21.8. The summed E-state index contributed by atoms with van der Waals surface area (Å²) in [7, 11) is 0. The summed E-state index contributed by atoms with van der Waals surface area (Å²) in [5, 5.41) is 2.79. The Hall–Kier alpha value is -2.65. The topological polar surface area (TPSA) is 128 Å². The van der Waals surface area contributed by atoms with Crippen molar-refractivity contribution >= 4 is 29.8 Å². The molecule has 1 heterocycles. The molecule has 33 heavy (non-hydrogen) atoms. The van der Waals surface area contributed by atoms with Gasteiger partial charge in [-0.05, 0) is 48.0 Å². The Labute approximate surface area is 197 Å². The Morgan fingerprint density at radius 2 is 1.33 bits per heavy atom. The second kappa shape index (κ2) is 15.2. The molecule has 1 aliphatic rings. The minimum atomic E-state index is -1.17. The highest BCUT2D eigenvalue weighted by Gasteiger charge is 2.34. The molecule has 0 radical (unpaired) electrons. The number of carbonyl (C=O) groups excluding carboxylic acids is 5. The first kappa shape index (κ1) is 32.5. The Morgan fingerprint density at radius 3 is 1.73 bits per heavy atom. The summed E-state index contributed by atoms with van der Waals surface area (Å²) in [4.78, 5) is 64.0. The normalized spacial score (nSPS) is 14.2. The van der Waals surface area contributed by atoms with Gasteiger partial charge in [0.25, 0.3) is 11.8 Å². The average molecular weight is 475 g/mol. The Kier molecular flexibility index (Phi) is 15.0. The Morgan fingerprint density at radius 1 is 0.909 bits per heavy atom. The SMILES string of the molecule is CC.CC(C)(C)OC(=O)NC(CCC(=O)ON1C(=O)CCC1=O)C(=O)OC(C)(C)C.CCC. The number of amides is 3. The zero-order chi connectivity index (χ0) is 26.4. The van der Waals surface area contributed by atoms with E-state index in [-0.39, 0.29) is 25.7 Å². The smallest absolute Gasteiger partial charge is 0.408 e. The highest BCUT2D eigenvalue weighted by molar-refractivity contribution is 6.01. The number of imide groups is 1. The number of rotatable bonds is 6. The molecule has 0 aliphatic carbocycles. The molecule has 1 unspecified atom stereocenters. The van der Waals surface area contributed by atoms with Crippen LogP contribution in [0.3, 0.4) is 0 Å². The fourth-order valence-electron chi connectivity index (χ4n) is 2.14. The first-order valence-corrected chi connectivity index (χ1v) is 11.4. The van der Waals surface area contributed by atoms with Crippen molar-refractivity contribution in [2.45, 2.75) is 119 Å². The number of esters is 1. The van der Waals surface area contributed by atoms with E-state index in [1.807, 2.05) is 13.8 Å². The van der Waals surface area contributed by atoms with Gasteiger partial charge in [0.15, 0.2) is 0 Å². The zero-order valence-electron chi connectivity index (χ0n) is 21.8. The summed E-state index contributed by atoms with van der Waals surface area (Å²) in [6.45, 7) is 18.2. The van der Waals surface area contributed by atoms with Crippen LogP contribution in [0.1, 0.15) is 101 Å². The third-order valence-electron chi connectivity index (χ3n) is 3.22. The molecule has 0 saturated carbocycles. The van der Waals surface area contributed by atoms with Gasteiger partial charge in [0.05, 0.1) is 6.42 Å². The molecule has 3 amide bonds. The van der Waals surface area contributed by atoms with Crippen LogP contribution in [0.2, 0.25) is 0 Å². The van der Waals surface area contributed by atoms with E-state index in [0.717, 1.165) is 0 Å². The molecule has 10 heteroatoms. The monoisotopic (exact) mass is 474 g/mol. The predicted octanol–water partition coefficient (Wildman–Crippen LogP) is 4.05. The minimum absolute atomic E-state index is 0.0210. The predicted molar refractivity (Wildman–Crippen MR) is 123 cm³/mol. The van der Waals surface area contributed by atoms with Crippen LogP contribution in [-0.4, -0.2) is 52.2 Å². The molecule has 10 nitrogen and oxygen atoms in total. The molecule has 0 spiro atoms. The third kappa shape index (κ3) is 15.7. The molecule has 1 rings (SSSR count). The van der Waals surface area contributed by atoms with Crippen molar-refractivity contribution in [3.05, 3.63) is 0 Å². The van der Waals surface area contributed by atoms with Crippen molar-refractivity contribution in [2.24, 2.45) is 0 Å². The van der Waals surface area contributed by atoms with Crippen LogP contribution >= 0.6 is 0 Å². The van der Waals surface area contributed by atoms with Gasteiger partial charge >= 0.3 is 18.0 Å². The van der Waals surface area contributed by atoms with Crippen molar-refractivity contribution in [1.29, 1.82) is 0 Å². The molecule has 0 aromatic rings. The molecule has 1 atom stereocenters. The number of alkyl carbamates (subject to hydrolysis) is 1. The number of nitrogens with one attached hydrogen (secondary N) is 1. The maximum absolute atomic E-state index is 12.4. The number of hydrogen-bond acceptors (Lipinski definition) is 8. The number of hydrogen-bond donors (Lipinski definition) is 1. The van der Waals surface area contributed by atoms with Crippen LogP contribution in [0.5, 0.6) is 0 Å². The first-order chi connectivity index (χ1) is 15.1. The van der Waals surface area contributed by atoms with Gasteiger partial charge in [0, 0.05) is 12.8 Å². The fourth-order valence-corrected chi connectivity index (χ4v) is 2.14. The van der Waals surface area contributed by atoms with E-state index in [1.165, 1.54) is 6.42 Å². The van der Waals surface area contributed by atoms with Crippen molar-refractivity contribution in [1.82, 2.24) is 10.4 Å². The van der Waals surface area contributed by atoms with E-state index in [9.17, 15) is 24.0 Å². The first-order valence-electron chi connectivity index (χ1n) is 11.4. The third-order valence-corrected chi connectivity index (χ3v) is 3.22.